The predicted molar refractivity (Wildman–Crippen MR) is 76.5 cm³/mol. The highest BCUT2D eigenvalue weighted by molar-refractivity contribution is 5.78. The highest BCUT2D eigenvalue weighted by Gasteiger charge is 2.16. The van der Waals surface area contributed by atoms with Crippen LogP contribution in [0, 0.1) is 6.92 Å². The van der Waals surface area contributed by atoms with E-state index in [0.717, 1.165) is 28.1 Å². The van der Waals surface area contributed by atoms with E-state index in [9.17, 15) is 0 Å². The number of aromatic nitrogens is 1. The minimum absolute atomic E-state index is 0.696. The minimum Gasteiger partial charge on any atom is -0.398 e. The number of anilines is 1. The Hall–Kier alpha value is -2.55. The van der Waals surface area contributed by atoms with Gasteiger partial charge >= 0.3 is 0 Å². The van der Waals surface area contributed by atoms with Crippen LogP contribution in [0.4, 0.5) is 5.69 Å². The highest BCUT2D eigenvalue weighted by atomic mass is 16.5. The lowest BCUT2D eigenvalue weighted by atomic mass is 10.0. The second-order valence-corrected chi connectivity index (χ2v) is 4.44. The number of nitrogens with zero attached hydrogens (tertiary/aromatic N) is 1. The fraction of sp³-hybridized carbons (Fsp3) is 0.0625. The maximum atomic E-state index is 5.98. The summed E-state index contributed by atoms with van der Waals surface area (Å²) in [6, 6.07) is 17.6. The lowest BCUT2D eigenvalue weighted by Gasteiger charge is -2.02. The molecule has 1 heterocycles. The van der Waals surface area contributed by atoms with E-state index < -0.39 is 0 Å². The van der Waals surface area contributed by atoms with Gasteiger partial charge in [-0.2, -0.15) is 0 Å². The molecule has 0 spiro atoms. The van der Waals surface area contributed by atoms with Crippen LogP contribution in [0.25, 0.3) is 22.6 Å². The first-order valence-corrected chi connectivity index (χ1v) is 6.14. The van der Waals surface area contributed by atoms with Crippen LogP contribution in [0.15, 0.2) is 59.1 Å². The van der Waals surface area contributed by atoms with Crippen LogP contribution in [0.3, 0.4) is 0 Å². The van der Waals surface area contributed by atoms with Gasteiger partial charge in [0, 0.05) is 22.4 Å². The molecule has 2 aromatic carbocycles. The van der Waals surface area contributed by atoms with E-state index in [4.69, 9.17) is 10.3 Å². The largest absolute Gasteiger partial charge is 0.398 e. The van der Waals surface area contributed by atoms with E-state index in [1.807, 2.05) is 61.5 Å². The Morgan fingerprint density at radius 1 is 0.947 bits per heavy atom. The van der Waals surface area contributed by atoms with E-state index in [1.165, 1.54) is 0 Å². The molecule has 0 saturated heterocycles. The molecule has 0 bridgehead atoms. The zero-order chi connectivity index (χ0) is 13.2. The Balaban J connectivity index is 2.12. The van der Waals surface area contributed by atoms with Crippen molar-refractivity contribution in [1.29, 1.82) is 0 Å². The summed E-state index contributed by atoms with van der Waals surface area (Å²) >= 11 is 0. The van der Waals surface area contributed by atoms with Gasteiger partial charge in [0.15, 0.2) is 5.76 Å². The van der Waals surface area contributed by atoms with E-state index in [-0.39, 0.29) is 0 Å². The van der Waals surface area contributed by atoms with Crippen molar-refractivity contribution in [3.8, 4) is 22.6 Å². The number of nitrogens with two attached hydrogens (primary N) is 1. The van der Waals surface area contributed by atoms with E-state index in [1.54, 1.807) is 0 Å². The molecule has 0 atom stereocenters. The second kappa shape index (κ2) is 4.61. The van der Waals surface area contributed by atoms with Gasteiger partial charge in [-0.25, -0.2) is 0 Å². The van der Waals surface area contributed by atoms with Gasteiger partial charge in [-0.05, 0) is 19.1 Å². The van der Waals surface area contributed by atoms with Crippen molar-refractivity contribution in [3.63, 3.8) is 0 Å². The SMILES string of the molecule is Cc1c(-c2ccccc2)noc1-c1ccccc1N. The molecule has 0 radical (unpaired) electrons. The van der Waals surface area contributed by atoms with Gasteiger partial charge < -0.3 is 10.3 Å². The first-order chi connectivity index (χ1) is 9.27. The van der Waals surface area contributed by atoms with Gasteiger partial charge in [-0.3, -0.25) is 0 Å². The molecular formula is C16H14N2O. The van der Waals surface area contributed by atoms with Crippen molar-refractivity contribution in [2.75, 3.05) is 5.73 Å². The first-order valence-electron chi connectivity index (χ1n) is 6.14. The third-order valence-electron chi connectivity index (χ3n) is 3.18. The maximum absolute atomic E-state index is 5.98. The number of hydrogen-bond acceptors (Lipinski definition) is 3. The van der Waals surface area contributed by atoms with Gasteiger partial charge in [0.1, 0.15) is 5.69 Å². The van der Waals surface area contributed by atoms with Crippen molar-refractivity contribution < 1.29 is 4.52 Å². The summed E-state index contributed by atoms with van der Waals surface area (Å²) in [5.41, 5.74) is 10.5. The standard InChI is InChI=1S/C16H14N2O/c1-11-15(12-7-3-2-4-8-12)18-19-16(11)13-9-5-6-10-14(13)17/h2-10H,17H2,1H3. The minimum atomic E-state index is 0.696. The number of nitrogen functional groups attached to an aromatic ring is 1. The molecule has 3 heteroatoms. The van der Waals surface area contributed by atoms with Crippen LogP contribution in [0.5, 0.6) is 0 Å². The van der Waals surface area contributed by atoms with Crippen LogP contribution in [-0.2, 0) is 0 Å². The Morgan fingerprint density at radius 3 is 2.37 bits per heavy atom. The molecule has 0 aliphatic heterocycles. The van der Waals surface area contributed by atoms with Crippen LogP contribution >= 0.6 is 0 Å². The summed E-state index contributed by atoms with van der Waals surface area (Å²) in [4.78, 5) is 0. The fourth-order valence-electron chi connectivity index (χ4n) is 2.16. The summed E-state index contributed by atoms with van der Waals surface area (Å²) in [5, 5.41) is 4.17. The van der Waals surface area contributed by atoms with Gasteiger partial charge in [-0.1, -0.05) is 47.6 Å². The number of benzene rings is 2. The van der Waals surface area contributed by atoms with Gasteiger partial charge in [-0.15, -0.1) is 0 Å². The summed E-state index contributed by atoms with van der Waals surface area (Å²) in [6.45, 7) is 2.00. The molecule has 2 N–H and O–H groups in total. The molecule has 3 nitrogen and oxygen atoms in total. The van der Waals surface area contributed by atoms with Gasteiger partial charge in [0.2, 0.25) is 0 Å². The summed E-state index contributed by atoms with van der Waals surface area (Å²) in [5.74, 6) is 0.733. The molecule has 0 aliphatic rings. The average Bonchev–Trinajstić information content (AvgIpc) is 2.82. The molecule has 94 valence electrons. The van der Waals surface area contributed by atoms with Crippen molar-refractivity contribution in [2.24, 2.45) is 0 Å². The maximum Gasteiger partial charge on any atom is 0.172 e. The average molecular weight is 250 g/mol. The van der Waals surface area contributed by atoms with E-state index >= 15 is 0 Å². The Kier molecular flexibility index (Phi) is 2.80. The molecule has 0 unspecified atom stereocenters. The quantitative estimate of drug-likeness (QED) is 0.702. The van der Waals surface area contributed by atoms with Crippen molar-refractivity contribution in [2.45, 2.75) is 6.92 Å². The summed E-state index contributed by atoms with van der Waals surface area (Å²) in [7, 11) is 0. The Labute approximate surface area is 111 Å². The molecule has 1 aromatic heterocycles. The molecule has 3 rings (SSSR count). The number of rotatable bonds is 2. The van der Waals surface area contributed by atoms with Gasteiger partial charge in [0.05, 0.1) is 0 Å². The number of hydrogen-bond donors (Lipinski definition) is 1. The van der Waals surface area contributed by atoms with Crippen molar-refractivity contribution in [3.05, 3.63) is 60.2 Å². The highest BCUT2D eigenvalue weighted by Crippen LogP contribution is 2.33. The lowest BCUT2D eigenvalue weighted by molar-refractivity contribution is 0.434. The van der Waals surface area contributed by atoms with E-state index in [2.05, 4.69) is 5.16 Å². The third kappa shape index (κ3) is 1.99. The predicted octanol–water partition coefficient (Wildman–Crippen LogP) is 3.90. The summed E-state index contributed by atoms with van der Waals surface area (Å²) < 4.78 is 5.49. The molecule has 19 heavy (non-hydrogen) atoms. The Bertz CT molecular complexity index is 702. The van der Waals surface area contributed by atoms with E-state index in [0.29, 0.717) is 5.69 Å². The third-order valence-corrected chi connectivity index (χ3v) is 3.18. The molecule has 3 aromatic rings. The van der Waals surface area contributed by atoms with Crippen molar-refractivity contribution in [1.82, 2.24) is 5.16 Å². The lowest BCUT2D eigenvalue weighted by Crippen LogP contribution is -1.89. The van der Waals surface area contributed by atoms with Crippen LogP contribution in [-0.4, -0.2) is 5.16 Å². The monoisotopic (exact) mass is 250 g/mol. The number of para-hydroxylation sites is 1. The van der Waals surface area contributed by atoms with Crippen LogP contribution in [0.1, 0.15) is 5.56 Å². The van der Waals surface area contributed by atoms with Crippen molar-refractivity contribution >= 4 is 5.69 Å². The van der Waals surface area contributed by atoms with Crippen LogP contribution in [0.2, 0.25) is 0 Å². The van der Waals surface area contributed by atoms with Gasteiger partial charge in [0.25, 0.3) is 0 Å². The first kappa shape index (κ1) is 11.5. The summed E-state index contributed by atoms with van der Waals surface area (Å²) in [6.07, 6.45) is 0. The second-order valence-electron chi connectivity index (χ2n) is 4.44. The molecule has 0 fully saturated rings. The molecule has 0 saturated carbocycles. The fourth-order valence-corrected chi connectivity index (χ4v) is 2.16. The molecular weight excluding hydrogens is 236 g/mol. The molecule has 0 amide bonds. The Morgan fingerprint density at radius 2 is 1.63 bits per heavy atom. The zero-order valence-corrected chi connectivity index (χ0v) is 10.6. The normalized spacial score (nSPS) is 10.6. The van der Waals surface area contributed by atoms with Crippen LogP contribution < -0.4 is 5.73 Å². The smallest absolute Gasteiger partial charge is 0.172 e. The molecule has 0 aliphatic carbocycles. The zero-order valence-electron chi connectivity index (χ0n) is 10.6. The topological polar surface area (TPSA) is 52.0 Å².